The lowest BCUT2D eigenvalue weighted by Crippen LogP contribution is -2.02. The molecule has 8 heteroatoms. The van der Waals surface area contributed by atoms with Crippen LogP contribution >= 0.6 is 0 Å². The molecule has 1 aliphatic heterocycles. The summed E-state index contributed by atoms with van der Waals surface area (Å²) in [5.41, 5.74) is 2.96. The van der Waals surface area contributed by atoms with Gasteiger partial charge in [-0.3, -0.25) is 10.1 Å². The SMILES string of the molecule is CCC1=N/C(=C\c2c(C)nn(-c3cccc([N+](=O)[O-])c3)c2C)C(=O)O1. The zero-order valence-electron chi connectivity index (χ0n) is 14.0. The summed E-state index contributed by atoms with van der Waals surface area (Å²) in [5.74, 6) is -0.101. The van der Waals surface area contributed by atoms with Gasteiger partial charge in [0.15, 0.2) is 11.6 Å². The first-order valence-electron chi connectivity index (χ1n) is 7.73. The Hall–Kier alpha value is -3.29. The molecule has 1 aliphatic rings. The van der Waals surface area contributed by atoms with E-state index in [9.17, 15) is 14.9 Å². The molecule has 0 atom stereocenters. The van der Waals surface area contributed by atoms with Crippen molar-refractivity contribution >= 4 is 23.6 Å². The number of cyclic esters (lactones) is 1. The van der Waals surface area contributed by atoms with E-state index in [2.05, 4.69) is 10.1 Å². The number of carbonyl (C=O) groups excluding carboxylic acids is 1. The van der Waals surface area contributed by atoms with E-state index >= 15 is 0 Å². The third-order valence-corrected chi connectivity index (χ3v) is 3.88. The van der Waals surface area contributed by atoms with Crippen LogP contribution in [-0.4, -0.2) is 26.6 Å². The molecule has 0 bridgehead atoms. The monoisotopic (exact) mass is 340 g/mol. The fourth-order valence-electron chi connectivity index (χ4n) is 2.59. The number of aliphatic imine (C=N–C) groups is 1. The van der Waals surface area contributed by atoms with Gasteiger partial charge in [0.05, 0.1) is 16.3 Å². The fourth-order valence-corrected chi connectivity index (χ4v) is 2.59. The quantitative estimate of drug-likeness (QED) is 0.368. The Labute approximate surface area is 143 Å². The number of hydrogen-bond acceptors (Lipinski definition) is 6. The van der Waals surface area contributed by atoms with Crippen molar-refractivity contribution in [3.63, 3.8) is 0 Å². The number of nitro benzene ring substituents is 1. The van der Waals surface area contributed by atoms with Crippen LogP contribution < -0.4 is 0 Å². The first kappa shape index (κ1) is 16.6. The molecule has 25 heavy (non-hydrogen) atoms. The number of nitro groups is 1. The van der Waals surface area contributed by atoms with Gasteiger partial charge in [0.25, 0.3) is 5.69 Å². The molecule has 0 N–H and O–H groups in total. The maximum Gasteiger partial charge on any atom is 0.363 e. The standard InChI is InChI=1S/C17H16N4O4/c1-4-16-18-15(17(22)25-16)9-14-10(2)19-20(11(14)3)12-6-5-7-13(8-12)21(23)24/h5-9H,4H2,1-3H3/b15-9-. The van der Waals surface area contributed by atoms with E-state index in [1.165, 1.54) is 12.1 Å². The molecule has 3 rings (SSSR count). The van der Waals surface area contributed by atoms with E-state index in [0.717, 1.165) is 11.3 Å². The molecule has 0 saturated carbocycles. The fraction of sp³-hybridized carbons (Fsp3) is 0.235. The largest absolute Gasteiger partial charge is 0.407 e. The second kappa shape index (κ2) is 6.31. The van der Waals surface area contributed by atoms with Crippen LogP contribution in [0.2, 0.25) is 0 Å². The summed E-state index contributed by atoms with van der Waals surface area (Å²) in [6, 6.07) is 6.22. The highest BCUT2D eigenvalue weighted by Crippen LogP contribution is 2.24. The molecule has 0 aliphatic carbocycles. The van der Waals surface area contributed by atoms with Crippen molar-refractivity contribution in [3.8, 4) is 5.69 Å². The van der Waals surface area contributed by atoms with E-state index in [0.29, 0.717) is 23.7 Å². The molecule has 2 heterocycles. The maximum absolute atomic E-state index is 11.9. The van der Waals surface area contributed by atoms with Crippen LogP contribution in [0.4, 0.5) is 5.69 Å². The molecule has 0 unspecified atom stereocenters. The van der Waals surface area contributed by atoms with Gasteiger partial charge in [-0.2, -0.15) is 5.10 Å². The zero-order chi connectivity index (χ0) is 18.1. The number of carbonyl (C=O) groups is 1. The summed E-state index contributed by atoms with van der Waals surface area (Å²) in [7, 11) is 0. The van der Waals surface area contributed by atoms with Crippen molar-refractivity contribution in [1.82, 2.24) is 9.78 Å². The Kier molecular flexibility index (Phi) is 4.18. The zero-order valence-corrected chi connectivity index (χ0v) is 14.0. The Bertz CT molecular complexity index is 940. The highest BCUT2D eigenvalue weighted by Gasteiger charge is 2.23. The molecule has 0 saturated heterocycles. The normalized spacial score (nSPS) is 15.4. The number of aryl methyl sites for hydroxylation is 1. The van der Waals surface area contributed by atoms with Gasteiger partial charge < -0.3 is 4.74 Å². The molecular formula is C17H16N4O4. The molecule has 0 radical (unpaired) electrons. The number of esters is 1. The summed E-state index contributed by atoms with van der Waals surface area (Å²) in [6.45, 7) is 5.49. The Morgan fingerprint density at radius 3 is 2.76 bits per heavy atom. The minimum atomic E-state index is -0.487. The van der Waals surface area contributed by atoms with Crippen molar-refractivity contribution in [2.75, 3.05) is 0 Å². The molecule has 2 aromatic rings. The van der Waals surface area contributed by atoms with Gasteiger partial charge in [0, 0.05) is 29.8 Å². The summed E-state index contributed by atoms with van der Waals surface area (Å²) >= 11 is 0. The molecule has 1 aromatic carbocycles. The van der Waals surface area contributed by atoms with Gasteiger partial charge in [-0.25, -0.2) is 14.5 Å². The highest BCUT2D eigenvalue weighted by atomic mass is 16.6. The van der Waals surface area contributed by atoms with Gasteiger partial charge in [-0.05, 0) is 26.0 Å². The van der Waals surface area contributed by atoms with Crippen LogP contribution in [-0.2, 0) is 9.53 Å². The van der Waals surface area contributed by atoms with Crippen LogP contribution in [0, 0.1) is 24.0 Å². The first-order valence-corrected chi connectivity index (χ1v) is 7.73. The molecule has 0 fully saturated rings. The van der Waals surface area contributed by atoms with E-state index in [4.69, 9.17) is 4.74 Å². The van der Waals surface area contributed by atoms with Crippen molar-refractivity contribution in [2.24, 2.45) is 4.99 Å². The number of rotatable bonds is 4. The van der Waals surface area contributed by atoms with Crippen LogP contribution in [0.5, 0.6) is 0 Å². The first-order chi connectivity index (χ1) is 11.9. The second-order valence-electron chi connectivity index (χ2n) is 5.55. The van der Waals surface area contributed by atoms with Crippen LogP contribution in [0.25, 0.3) is 11.8 Å². The van der Waals surface area contributed by atoms with Crippen molar-refractivity contribution in [2.45, 2.75) is 27.2 Å². The smallest absolute Gasteiger partial charge is 0.363 e. The van der Waals surface area contributed by atoms with Gasteiger partial charge >= 0.3 is 5.97 Å². The van der Waals surface area contributed by atoms with Crippen LogP contribution in [0.3, 0.4) is 0 Å². The van der Waals surface area contributed by atoms with E-state index in [-0.39, 0.29) is 11.4 Å². The van der Waals surface area contributed by atoms with Crippen molar-refractivity contribution < 1.29 is 14.5 Å². The number of hydrogen-bond donors (Lipinski definition) is 0. The van der Waals surface area contributed by atoms with Gasteiger partial charge in [0.1, 0.15) is 0 Å². The Morgan fingerprint density at radius 2 is 2.12 bits per heavy atom. The highest BCUT2D eigenvalue weighted by molar-refractivity contribution is 6.07. The summed E-state index contributed by atoms with van der Waals surface area (Å²) in [4.78, 5) is 26.5. The molecule has 128 valence electrons. The number of aromatic nitrogens is 2. The van der Waals surface area contributed by atoms with Gasteiger partial charge in [-0.15, -0.1) is 0 Å². The Morgan fingerprint density at radius 1 is 1.36 bits per heavy atom. The van der Waals surface area contributed by atoms with E-state index < -0.39 is 10.9 Å². The third kappa shape index (κ3) is 3.06. The molecular weight excluding hydrogens is 324 g/mol. The van der Waals surface area contributed by atoms with E-state index in [1.54, 1.807) is 29.8 Å². The van der Waals surface area contributed by atoms with Gasteiger partial charge in [-0.1, -0.05) is 13.0 Å². The lowest BCUT2D eigenvalue weighted by molar-refractivity contribution is -0.384. The lowest BCUT2D eigenvalue weighted by atomic mass is 10.1. The summed E-state index contributed by atoms with van der Waals surface area (Å²) in [5, 5.41) is 15.4. The van der Waals surface area contributed by atoms with Crippen LogP contribution in [0.15, 0.2) is 35.0 Å². The number of nitrogens with zero attached hydrogens (tertiary/aromatic N) is 4. The number of ether oxygens (including phenoxy) is 1. The molecule has 8 nitrogen and oxygen atoms in total. The second-order valence-corrected chi connectivity index (χ2v) is 5.55. The Balaban J connectivity index is 2.05. The predicted octanol–water partition coefficient (Wildman–Crippen LogP) is 3.10. The van der Waals surface area contributed by atoms with E-state index in [1.807, 2.05) is 13.8 Å². The van der Waals surface area contributed by atoms with Crippen molar-refractivity contribution in [1.29, 1.82) is 0 Å². The van der Waals surface area contributed by atoms with Crippen LogP contribution in [0.1, 0.15) is 30.3 Å². The number of benzene rings is 1. The topological polar surface area (TPSA) is 99.6 Å². The van der Waals surface area contributed by atoms with Crippen molar-refractivity contribution in [3.05, 3.63) is 57.0 Å². The van der Waals surface area contributed by atoms with Gasteiger partial charge in [0.2, 0.25) is 0 Å². The summed E-state index contributed by atoms with van der Waals surface area (Å²) < 4.78 is 6.66. The minimum absolute atomic E-state index is 0.0125. The lowest BCUT2D eigenvalue weighted by Gasteiger charge is -2.04. The third-order valence-electron chi connectivity index (χ3n) is 3.88. The number of non-ortho nitro benzene ring substituents is 1. The summed E-state index contributed by atoms with van der Waals surface area (Å²) in [6.07, 6.45) is 2.17. The molecule has 0 spiro atoms. The average molecular weight is 340 g/mol. The average Bonchev–Trinajstić information content (AvgIpc) is 3.09. The maximum atomic E-state index is 11.9. The minimum Gasteiger partial charge on any atom is -0.407 e. The molecule has 0 amide bonds. The molecule has 1 aromatic heterocycles. The predicted molar refractivity (Wildman–Crippen MR) is 91.5 cm³/mol.